The number of nitrogens with one attached hydrogen (secondary N) is 1. The summed E-state index contributed by atoms with van der Waals surface area (Å²) in [5.41, 5.74) is 0.440. The first-order valence-electron chi connectivity index (χ1n) is 10.3. The lowest BCUT2D eigenvalue weighted by molar-refractivity contribution is -0.431. The highest BCUT2D eigenvalue weighted by Gasteiger charge is 2.42. The van der Waals surface area contributed by atoms with Gasteiger partial charge in [-0.15, -0.1) is 0 Å². The number of halogens is 2. The topological polar surface area (TPSA) is 90.7 Å². The van der Waals surface area contributed by atoms with Crippen LogP contribution in [0.1, 0.15) is 57.4 Å². The second-order valence-electron chi connectivity index (χ2n) is 7.88. The number of esters is 1. The van der Waals surface area contributed by atoms with Crippen molar-refractivity contribution in [3.63, 3.8) is 0 Å². The van der Waals surface area contributed by atoms with Crippen LogP contribution in [0.15, 0.2) is 46.9 Å². The lowest BCUT2D eigenvalue weighted by Gasteiger charge is -2.28. The average molecular weight is 436 g/mol. The number of nitro groups is 1. The zero-order chi connectivity index (χ0) is 22.5. The Morgan fingerprint density at radius 1 is 1.19 bits per heavy atom. The first-order chi connectivity index (χ1) is 14.8. The van der Waals surface area contributed by atoms with Crippen molar-refractivity contribution in [2.75, 3.05) is 6.61 Å². The number of hydrogen-bond donors (Lipinski definition) is 1. The van der Waals surface area contributed by atoms with Crippen LogP contribution in [0.3, 0.4) is 0 Å². The molecule has 1 heterocycles. The number of nitrogens with zero attached hydrogens (tertiary/aromatic N) is 1. The van der Waals surface area contributed by atoms with Crippen LogP contribution in [-0.4, -0.2) is 24.1 Å². The fraction of sp³-hybridized carbons (Fsp3) is 0.500. The summed E-state index contributed by atoms with van der Waals surface area (Å²) in [7, 11) is 0. The second kappa shape index (κ2) is 9.89. The van der Waals surface area contributed by atoms with Gasteiger partial charge in [-0.2, -0.15) is 8.78 Å². The minimum absolute atomic E-state index is 0.0263. The van der Waals surface area contributed by atoms with Crippen molar-refractivity contribution >= 4 is 5.97 Å². The number of rotatable bonds is 7. The van der Waals surface area contributed by atoms with E-state index in [1.807, 2.05) is 0 Å². The van der Waals surface area contributed by atoms with Crippen LogP contribution >= 0.6 is 0 Å². The van der Waals surface area contributed by atoms with Gasteiger partial charge >= 0.3 is 12.6 Å². The molecule has 1 atom stereocenters. The van der Waals surface area contributed by atoms with E-state index < -0.39 is 23.4 Å². The molecule has 9 heteroatoms. The molecule has 0 saturated heterocycles. The molecule has 0 aromatic heterocycles. The molecule has 168 valence electrons. The van der Waals surface area contributed by atoms with Gasteiger partial charge < -0.3 is 14.8 Å². The van der Waals surface area contributed by atoms with Crippen molar-refractivity contribution in [1.29, 1.82) is 0 Å². The quantitative estimate of drug-likeness (QED) is 0.372. The summed E-state index contributed by atoms with van der Waals surface area (Å²) in [5.74, 6) is -1.86. The minimum Gasteiger partial charge on any atom is -0.462 e. The normalized spacial score (nSPS) is 20.0. The summed E-state index contributed by atoms with van der Waals surface area (Å²) in [6.07, 6.45) is 5.27. The summed E-state index contributed by atoms with van der Waals surface area (Å²) in [6, 6.07) is 5.80. The van der Waals surface area contributed by atoms with E-state index in [9.17, 15) is 23.7 Å². The molecule has 1 fully saturated rings. The van der Waals surface area contributed by atoms with Crippen LogP contribution in [0.5, 0.6) is 5.75 Å². The number of dihydropyridines is 1. The number of hydrogen-bond acceptors (Lipinski definition) is 6. The minimum atomic E-state index is -3.11. The molecule has 1 aliphatic carbocycles. The van der Waals surface area contributed by atoms with Crippen LogP contribution in [0.25, 0.3) is 0 Å². The predicted molar refractivity (Wildman–Crippen MR) is 109 cm³/mol. The summed E-state index contributed by atoms with van der Waals surface area (Å²) in [5, 5.41) is 14.8. The maximum Gasteiger partial charge on any atom is 0.387 e. The number of para-hydroxylation sites is 1. The molecule has 0 amide bonds. The van der Waals surface area contributed by atoms with E-state index in [0.717, 1.165) is 32.1 Å². The standard InChI is InChI=1S/C22H26F2N2O5/c1-13-18(21(27)30-12-15-8-4-3-5-9-15)19(20(26(28)29)14(2)25-13)16-10-6-7-11-17(16)31-22(23)24/h6-7,10-11,15,19,22,25H,3-5,8-9,12H2,1-2H3. The zero-order valence-corrected chi connectivity index (χ0v) is 17.5. The first-order valence-corrected chi connectivity index (χ1v) is 10.3. The Morgan fingerprint density at radius 3 is 2.52 bits per heavy atom. The molecule has 2 aliphatic rings. The van der Waals surface area contributed by atoms with Gasteiger partial charge in [0.2, 0.25) is 0 Å². The molecule has 0 radical (unpaired) electrons. The largest absolute Gasteiger partial charge is 0.462 e. The van der Waals surface area contributed by atoms with Crippen molar-refractivity contribution in [2.24, 2.45) is 5.92 Å². The monoisotopic (exact) mass is 436 g/mol. The fourth-order valence-electron chi connectivity index (χ4n) is 4.35. The summed E-state index contributed by atoms with van der Waals surface area (Å²) >= 11 is 0. The molecule has 0 spiro atoms. The van der Waals surface area contributed by atoms with Crippen molar-refractivity contribution < 1.29 is 28.0 Å². The number of benzene rings is 1. The van der Waals surface area contributed by atoms with E-state index in [4.69, 9.17) is 4.74 Å². The number of allylic oxidation sites excluding steroid dienone is 3. The van der Waals surface area contributed by atoms with Crippen LogP contribution in [0.4, 0.5) is 8.78 Å². The highest BCUT2D eigenvalue weighted by molar-refractivity contribution is 5.92. The van der Waals surface area contributed by atoms with E-state index in [1.165, 1.54) is 25.1 Å². The average Bonchev–Trinajstić information content (AvgIpc) is 2.72. The van der Waals surface area contributed by atoms with Gasteiger partial charge in [-0.05, 0) is 38.7 Å². The summed E-state index contributed by atoms with van der Waals surface area (Å²) in [4.78, 5) is 24.4. The first kappa shape index (κ1) is 22.7. The number of ether oxygens (including phenoxy) is 2. The van der Waals surface area contributed by atoms with Gasteiger partial charge in [0.25, 0.3) is 5.70 Å². The third-order valence-corrected chi connectivity index (χ3v) is 5.76. The predicted octanol–water partition coefficient (Wildman–Crippen LogP) is 4.88. The van der Waals surface area contributed by atoms with E-state index in [-0.39, 0.29) is 40.8 Å². The Kier molecular flexibility index (Phi) is 7.25. The van der Waals surface area contributed by atoms with E-state index in [1.54, 1.807) is 13.0 Å². The molecule has 1 unspecified atom stereocenters. The molecule has 7 nitrogen and oxygen atoms in total. The van der Waals surface area contributed by atoms with Gasteiger partial charge in [0.1, 0.15) is 11.7 Å². The van der Waals surface area contributed by atoms with Gasteiger partial charge in [0, 0.05) is 11.3 Å². The molecule has 1 aromatic rings. The molecular weight excluding hydrogens is 410 g/mol. The summed E-state index contributed by atoms with van der Waals surface area (Å²) in [6.45, 7) is 0.239. The van der Waals surface area contributed by atoms with Crippen molar-refractivity contribution in [1.82, 2.24) is 5.32 Å². The number of carbonyl (C=O) groups is 1. The molecule has 31 heavy (non-hydrogen) atoms. The fourth-order valence-corrected chi connectivity index (χ4v) is 4.35. The van der Waals surface area contributed by atoms with Crippen LogP contribution in [-0.2, 0) is 9.53 Å². The smallest absolute Gasteiger partial charge is 0.387 e. The highest BCUT2D eigenvalue weighted by Crippen LogP contribution is 2.42. The second-order valence-corrected chi connectivity index (χ2v) is 7.88. The third-order valence-electron chi connectivity index (χ3n) is 5.76. The molecule has 1 aromatic carbocycles. The van der Waals surface area contributed by atoms with E-state index in [2.05, 4.69) is 10.1 Å². The maximum absolute atomic E-state index is 13.1. The molecular formula is C22H26F2N2O5. The van der Waals surface area contributed by atoms with Crippen molar-refractivity contribution in [3.8, 4) is 5.75 Å². The molecule has 1 aliphatic heterocycles. The Labute approximate surface area is 179 Å². The van der Waals surface area contributed by atoms with Crippen LogP contribution < -0.4 is 10.1 Å². The lowest BCUT2D eigenvalue weighted by Crippen LogP contribution is -2.32. The van der Waals surface area contributed by atoms with Crippen LogP contribution in [0, 0.1) is 16.0 Å². The highest BCUT2D eigenvalue weighted by atomic mass is 19.3. The Balaban J connectivity index is 1.99. The Bertz CT molecular complexity index is 907. The maximum atomic E-state index is 13.1. The number of carbonyl (C=O) groups excluding carboxylic acids is 1. The van der Waals surface area contributed by atoms with Crippen molar-refractivity contribution in [3.05, 3.63) is 62.6 Å². The summed E-state index contributed by atoms with van der Waals surface area (Å²) < 4.78 is 36.1. The van der Waals surface area contributed by atoms with E-state index in [0.29, 0.717) is 5.70 Å². The van der Waals surface area contributed by atoms with Crippen molar-refractivity contribution in [2.45, 2.75) is 58.5 Å². The molecule has 0 bridgehead atoms. The van der Waals surface area contributed by atoms with Gasteiger partial charge in [0.05, 0.1) is 22.8 Å². The van der Waals surface area contributed by atoms with E-state index >= 15 is 0 Å². The van der Waals surface area contributed by atoms with Gasteiger partial charge in [-0.1, -0.05) is 37.5 Å². The van der Waals surface area contributed by atoms with Crippen LogP contribution in [0.2, 0.25) is 0 Å². The number of alkyl halides is 2. The van der Waals surface area contributed by atoms with Gasteiger partial charge in [0.15, 0.2) is 0 Å². The lowest BCUT2D eigenvalue weighted by atomic mass is 9.83. The Hall–Kier alpha value is -2.97. The zero-order valence-electron chi connectivity index (χ0n) is 17.5. The Morgan fingerprint density at radius 2 is 1.87 bits per heavy atom. The third kappa shape index (κ3) is 5.21. The van der Waals surface area contributed by atoms with Gasteiger partial charge in [-0.25, -0.2) is 4.79 Å². The SMILES string of the molecule is CC1=C(C(=O)OCC2CCCCC2)C(c2ccccc2OC(F)F)C([N+](=O)[O-])=C(C)N1. The van der Waals surface area contributed by atoms with Gasteiger partial charge in [-0.3, -0.25) is 10.1 Å². The molecule has 3 rings (SSSR count). The molecule has 1 saturated carbocycles. The molecule has 1 N–H and O–H groups in total.